The molecular weight excluding hydrogens is 973 g/mol. The van der Waals surface area contributed by atoms with Gasteiger partial charge in [0, 0.05) is 19.3 Å². The van der Waals surface area contributed by atoms with Crippen LogP contribution in [0.4, 0.5) is 0 Å². The number of ether oxygens (including phenoxy) is 3. The van der Waals surface area contributed by atoms with Crippen molar-refractivity contribution in [3.63, 3.8) is 0 Å². The summed E-state index contributed by atoms with van der Waals surface area (Å²) in [5.74, 6) is -0.879. The number of rotatable bonds is 66. The van der Waals surface area contributed by atoms with Gasteiger partial charge in [-0.2, -0.15) is 0 Å². The Balaban J connectivity index is 4.00. The first-order valence-corrected chi connectivity index (χ1v) is 35.5. The van der Waals surface area contributed by atoms with Gasteiger partial charge in [0.2, 0.25) is 0 Å². The molecule has 0 aliphatic rings. The Morgan fingerprint density at radius 2 is 0.468 bits per heavy atom. The van der Waals surface area contributed by atoms with Crippen LogP contribution < -0.4 is 0 Å². The molecule has 0 amide bonds. The smallest absolute Gasteiger partial charge is 0.306 e. The van der Waals surface area contributed by atoms with Crippen LogP contribution in [0.15, 0.2) is 36.5 Å². The maximum absolute atomic E-state index is 12.9. The van der Waals surface area contributed by atoms with Gasteiger partial charge in [-0.05, 0) is 70.6 Å². The first kappa shape index (κ1) is 76.6. The number of unbranched alkanes of at least 4 members (excludes halogenated alkanes) is 49. The molecule has 0 N–H and O–H groups in total. The Morgan fingerprint density at radius 1 is 0.253 bits per heavy atom. The third-order valence-electron chi connectivity index (χ3n) is 16.1. The molecule has 6 nitrogen and oxygen atoms in total. The normalized spacial score (nSPS) is 12.2. The third-order valence-corrected chi connectivity index (χ3v) is 16.1. The summed E-state index contributed by atoms with van der Waals surface area (Å²) >= 11 is 0. The molecule has 1 atom stereocenters. The molecular formula is C73H136O6. The standard InChI is InChI=1S/C73H136O6/c1-4-7-10-13-16-19-22-25-27-28-29-30-31-32-33-34-35-36-37-38-39-40-41-42-43-44-45-46-47-49-51-54-57-60-63-66-72(75)78-69-70(68-77-71(74)65-62-59-56-53-50-24-21-18-15-12-9-6-3)79-73(76)67-64-61-58-55-52-48-26-23-20-17-14-11-8-5-2/h14,17-18,21,23,26,70H,4-13,15-16,19-20,22,24-25,27-69H2,1-3H3/b17-14-,21-18-,26-23-. The lowest BCUT2D eigenvalue weighted by Gasteiger charge is -2.18. The molecule has 0 heterocycles. The van der Waals surface area contributed by atoms with E-state index >= 15 is 0 Å². The van der Waals surface area contributed by atoms with Gasteiger partial charge in [0.05, 0.1) is 0 Å². The molecule has 1 unspecified atom stereocenters. The van der Waals surface area contributed by atoms with Crippen LogP contribution in [0.1, 0.15) is 393 Å². The summed E-state index contributed by atoms with van der Waals surface area (Å²) in [4.78, 5) is 38.2. The summed E-state index contributed by atoms with van der Waals surface area (Å²) < 4.78 is 16.9. The minimum absolute atomic E-state index is 0.0767. The van der Waals surface area contributed by atoms with Crippen LogP contribution in [0.3, 0.4) is 0 Å². The molecule has 0 rings (SSSR count). The summed E-state index contributed by atoms with van der Waals surface area (Å²) in [5, 5.41) is 0. The lowest BCUT2D eigenvalue weighted by atomic mass is 10.0. The molecule has 79 heavy (non-hydrogen) atoms. The third kappa shape index (κ3) is 66.3. The van der Waals surface area contributed by atoms with Gasteiger partial charge in [-0.1, -0.05) is 340 Å². The molecule has 6 heteroatoms. The SMILES string of the molecule is CCCC/C=C\C/C=C\CCCCCCCC(=O)OC(COC(=O)CCCCCCC/C=C\CCCCC)COC(=O)CCCCCCCCCCCCCCCCCCCCCCCCCCCCCCCCCCCCC. The van der Waals surface area contributed by atoms with Gasteiger partial charge in [-0.15, -0.1) is 0 Å². The molecule has 0 bridgehead atoms. The lowest BCUT2D eigenvalue weighted by molar-refractivity contribution is -0.167. The highest BCUT2D eigenvalue weighted by Gasteiger charge is 2.19. The Hall–Kier alpha value is -2.37. The van der Waals surface area contributed by atoms with Crippen molar-refractivity contribution < 1.29 is 28.6 Å². The second-order valence-corrected chi connectivity index (χ2v) is 24.1. The molecule has 0 aliphatic heterocycles. The summed E-state index contributed by atoms with van der Waals surface area (Å²) in [6.07, 6.45) is 85.0. The Kier molecular flexibility index (Phi) is 66.1. The second kappa shape index (κ2) is 68.1. The van der Waals surface area contributed by atoms with E-state index in [1.807, 2.05) is 0 Å². The zero-order valence-corrected chi connectivity index (χ0v) is 53.4. The van der Waals surface area contributed by atoms with E-state index in [0.717, 1.165) is 89.9 Å². The highest BCUT2D eigenvalue weighted by atomic mass is 16.6. The van der Waals surface area contributed by atoms with E-state index in [9.17, 15) is 14.4 Å². The van der Waals surface area contributed by atoms with Gasteiger partial charge in [0.1, 0.15) is 13.2 Å². The minimum atomic E-state index is -0.781. The number of allylic oxidation sites excluding steroid dienone is 6. The maximum Gasteiger partial charge on any atom is 0.306 e. The zero-order valence-electron chi connectivity index (χ0n) is 53.4. The predicted octanol–water partition coefficient (Wildman–Crippen LogP) is 24.3. The summed E-state index contributed by atoms with van der Waals surface area (Å²) in [5.41, 5.74) is 0. The Labute approximate surface area is 493 Å². The molecule has 0 fully saturated rings. The van der Waals surface area contributed by atoms with Crippen molar-refractivity contribution in [1.82, 2.24) is 0 Å². The van der Waals surface area contributed by atoms with Crippen molar-refractivity contribution in [3.8, 4) is 0 Å². The van der Waals surface area contributed by atoms with Crippen molar-refractivity contribution in [1.29, 1.82) is 0 Å². The summed E-state index contributed by atoms with van der Waals surface area (Å²) in [7, 11) is 0. The van der Waals surface area contributed by atoms with Crippen molar-refractivity contribution in [2.24, 2.45) is 0 Å². The number of carbonyl (C=O) groups is 3. The quantitative estimate of drug-likeness (QED) is 0.0261. The van der Waals surface area contributed by atoms with E-state index in [0.29, 0.717) is 19.3 Å². The van der Waals surface area contributed by atoms with Crippen LogP contribution in [-0.2, 0) is 28.6 Å². The lowest BCUT2D eigenvalue weighted by Crippen LogP contribution is -2.30. The summed E-state index contributed by atoms with van der Waals surface area (Å²) in [6.45, 7) is 6.61. The van der Waals surface area contributed by atoms with Gasteiger partial charge in [-0.25, -0.2) is 0 Å². The molecule has 0 aromatic carbocycles. The van der Waals surface area contributed by atoms with E-state index in [1.54, 1.807) is 0 Å². The largest absolute Gasteiger partial charge is 0.462 e. The maximum atomic E-state index is 12.9. The van der Waals surface area contributed by atoms with Crippen LogP contribution >= 0.6 is 0 Å². The first-order chi connectivity index (χ1) is 39.0. The average Bonchev–Trinajstić information content (AvgIpc) is 3.45. The molecule has 0 aromatic heterocycles. The summed E-state index contributed by atoms with van der Waals surface area (Å²) in [6, 6.07) is 0. The monoisotopic (exact) mass is 1110 g/mol. The van der Waals surface area contributed by atoms with Crippen LogP contribution in [0.2, 0.25) is 0 Å². The van der Waals surface area contributed by atoms with E-state index in [2.05, 4.69) is 57.2 Å². The molecule has 0 radical (unpaired) electrons. The second-order valence-electron chi connectivity index (χ2n) is 24.1. The highest BCUT2D eigenvalue weighted by Crippen LogP contribution is 2.19. The Morgan fingerprint density at radius 3 is 0.772 bits per heavy atom. The molecule has 464 valence electrons. The zero-order chi connectivity index (χ0) is 57.1. The van der Waals surface area contributed by atoms with Crippen molar-refractivity contribution in [2.45, 2.75) is 399 Å². The fourth-order valence-corrected chi connectivity index (χ4v) is 10.8. The number of carbonyl (C=O) groups excluding carboxylic acids is 3. The van der Waals surface area contributed by atoms with Gasteiger partial charge < -0.3 is 14.2 Å². The van der Waals surface area contributed by atoms with Crippen LogP contribution in [0, 0.1) is 0 Å². The fourth-order valence-electron chi connectivity index (χ4n) is 10.8. The number of esters is 3. The van der Waals surface area contributed by atoms with Crippen molar-refractivity contribution in [3.05, 3.63) is 36.5 Å². The molecule has 0 saturated carbocycles. The van der Waals surface area contributed by atoms with Gasteiger partial charge in [0.25, 0.3) is 0 Å². The van der Waals surface area contributed by atoms with Crippen molar-refractivity contribution in [2.75, 3.05) is 13.2 Å². The molecule has 0 aliphatic carbocycles. The molecule has 0 aromatic rings. The number of hydrogen-bond donors (Lipinski definition) is 0. The fraction of sp³-hybridized carbons (Fsp3) is 0.877. The van der Waals surface area contributed by atoms with Gasteiger partial charge >= 0.3 is 17.9 Å². The van der Waals surface area contributed by atoms with E-state index < -0.39 is 6.10 Å². The highest BCUT2D eigenvalue weighted by molar-refractivity contribution is 5.71. The van der Waals surface area contributed by atoms with Crippen LogP contribution in [0.5, 0.6) is 0 Å². The predicted molar refractivity (Wildman–Crippen MR) is 344 cm³/mol. The van der Waals surface area contributed by atoms with Gasteiger partial charge in [-0.3, -0.25) is 14.4 Å². The van der Waals surface area contributed by atoms with E-state index in [-0.39, 0.29) is 31.1 Å². The molecule has 0 spiro atoms. The van der Waals surface area contributed by atoms with Crippen molar-refractivity contribution >= 4 is 17.9 Å². The number of hydrogen-bond acceptors (Lipinski definition) is 6. The van der Waals surface area contributed by atoms with Crippen LogP contribution in [0.25, 0.3) is 0 Å². The van der Waals surface area contributed by atoms with E-state index in [1.165, 1.54) is 263 Å². The van der Waals surface area contributed by atoms with Crippen LogP contribution in [-0.4, -0.2) is 37.2 Å². The van der Waals surface area contributed by atoms with Gasteiger partial charge in [0.15, 0.2) is 6.10 Å². The average molecular weight is 1110 g/mol. The topological polar surface area (TPSA) is 78.9 Å². The van der Waals surface area contributed by atoms with E-state index in [4.69, 9.17) is 14.2 Å². The minimum Gasteiger partial charge on any atom is -0.462 e. The molecule has 0 saturated heterocycles. The Bertz CT molecular complexity index is 1320. The first-order valence-electron chi connectivity index (χ1n) is 35.5.